The summed E-state index contributed by atoms with van der Waals surface area (Å²) in [6.07, 6.45) is 4.34. The highest BCUT2D eigenvalue weighted by atomic mass is 16.5. The molecule has 4 nitrogen and oxygen atoms in total. The minimum Gasteiger partial charge on any atom is -0.493 e. The normalized spacial score (nSPS) is 12.0. The Balaban J connectivity index is 2.01. The van der Waals surface area contributed by atoms with Gasteiger partial charge in [-0.25, -0.2) is 0 Å². The van der Waals surface area contributed by atoms with Crippen molar-refractivity contribution >= 4 is 17.7 Å². The largest absolute Gasteiger partial charge is 0.493 e. The second kappa shape index (κ2) is 8.92. The zero-order valence-corrected chi connectivity index (χ0v) is 15.2. The van der Waals surface area contributed by atoms with Crippen LogP contribution in [0.3, 0.4) is 0 Å². The van der Waals surface area contributed by atoms with E-state index in [0.717, 1.165) is 17.7 Å². The topological polar surface area (TPSA) is 47.6 Å². The number of carbonyl (C=O) groups is 1. The smallest absolute Gasteiger partial charge is 0.248 e. The molecule has 4 heteroatoms. The van der Waals surface area contributed by atoms with Crippen molar-refractivity contribution in [1.29, 1.82) is 0 Å². The second-order valence-electron chi connectivity index (χ2n) is 5.87. The zero-order chi connectivity index (χ0) is 18.2. The van der Waals surface area contributed by atoms with Gasteiger partial charge in [0, 0.05) is 11.8 Å². The van der Waals surface area contributed by atoms with E-state index in [-0.39, 0.29) is 5.91 Å². The van der Waals surface area contributed by atoms with Gasteiger partial charge in [-0.3, -0.25) is 4.79 Å². The van der Waals surface area contributed by atoms with Gasteiger partial charge in [0.05, 0.1) is 14.2 Å². The summed E-state index contributed by atoms with van der Waals surface area (Å²) in [5, 5.41) is 2.87. The number of amides is 1. The lowest BCUT2D eigenvalue weighted by Crippen LogP contribution is -2.07. The number of hydrogen-bond acceptors (Lipinski definition) is 3. The molecule has 25 heavy (non-hydrogen) atoms. The highest BCUT2D eigenvalue weighted by molar-refractivity contribution is 6.01. The van der Waals surface area contributed by atoms with E-state index in [9.17, 15) is 4.79 Å². The Bertz CT molecular complexity index is 735. The number of benzene rings is 2. The van der Waals surface area contributed by atoms with Gasteiger partial charge < -0.3 is 14.8 Å². The fourth-order valence-corrected chi connectivity index (χ4v) is 2.44. The number of hydrogen-bond donors (Lipinski definition) is 1. The highest BCUT2D eigenvalue weighted by Crippen LogP contribution is 2.28. The summed E-state index contributed by atoms with van der Waals surface area (Å²) < 4.78 is 10.5. The Kier molecular flexibility index (Phi) is 6.63. The lowest BCUT2D eigenvalue weighted by Gasteiger charge is -2.10. The summed E-state index contributed by atoms with van der Waals surface area (Å²) in [5.74, 6) is 1.64. The molecule has 1 N–H and O–H groups in total. The van der Waals surface area contributed by atoms with E-state index >= 15 is 0 Å². The van der Waals surface area contributed by atoms with Crippen LogP contribution in [0.2, 0.25) is 0 Å². The number of methoxy groups -OCH3 is 2. The third-order valence-electron chi connectivity index (χ3n) is 4.19. The third kappa shape index (κ3) is 5.11. The van der Waals surface area contributed by atoms with Crippen LogP contribution in [0.5, 0.6) is 11.5 Å². The van der Waals surface area contributed by atoms with Crippen molar-refractivity contribution in [3.63, 3.8) is 0 Å². The number of ether oxygens (including phenoxy) is 2. The summed E-state index contributed by atoms with van der Waals surface area (Å²) in [7, 11) is 3.18. The molecule has 2 rings (SSSR count). The number of carbonyl (C=O) groups excluding carboxylic acids is 1. The van der Waals surface area contributed by atoms with Gasteiger partial charge in [0.1, 0.15) is 0 Å². The van der Waals surface area contributed by atoms with Crippen molar-refractivity contribution in [3.05, 3.63) is 59.7 Å². The van der Waals surface area contributed by atoms with Crippen LogP contribution in [0.1, 0.15) is 37.3 Å². The molecule has 0 unspecified atom stereocenters. The lowest BCUT2D eigenvalue weighted by atomic mass is 9.99. The van der Waals surface area contributed by atoms with E-state index < -0.39 is 0 Å². The molecule has 0 radical (unpaired) electrons. The molecule has 0 aromatic heterocycles. The number of anilines is 1. The van der Waals surface area contributed by atoms with Gasteiger partial charge in [0.2, 0.25) is 5.91 Å². The molecule has 1 atom stereocenters. The van der Waals surface area contributed by atoms with Gasteiger partial charge >= 0.3 is 0 Å². The molecule has 0 aliphatic rings. The SMILES string of the molecule is CC[C@H](C)c1ccc(NC(=O)/C=C/c2ccc(OC)c(OC)c2)cc1. The van der Waals surface area contributed by atoms with E-state index in [2.05, 4.69) is 31.3 Å². The number of rotatable bonds is 7. The Morgan fingerprint density at radius 3 is 2.36 bits per heavy atom. The van der Waals surface area contributed by atoms with Gasteiger partial charge in [0.25, 0.3) is 0 Å². The monoisotopic (exact) mass is 339 g/mol. The molecule has 2 aromatic carbocycles. The van der Waals surface area contributed by atoms with E-state index in [0.29, 0.717) is 17.4 Å². The second-order valence-corrected chi connectivity index (χ2v) is 5.87. The first kappa shape index (κ1) is 18.6. The molecule has 0 heterocycles. The predicted octanol–water partition coefficient (Wildman–Crippen LogP) is 4.87. The maximum absolute atomic E-state index is 12.1. The van der Waals surface area contributed by atoms with E-state index in [4.69, 9.17) is 9.47 Å². The number of nitrogens with one attached hydrogen (secondary N) is 1. The summed E-state index contributed by atoms with van der Waals surface area (Å²) in [4.78, 5) is 12.1. The van der Waals surface area contributed by atoms with Crippen LogP contribution in [-0.2, 0) is 4.79 Å². The van der Waals surface area contributed by atoms with Crippen LogP contribution in [0, 0.1) is 0 Å². The fraction of sp³-hybridized carbons (Fsp3) is 0.286. The molecule has 0 aliphatic heterocycles. The quantitative estimate of drug-likeness (QED) is 0.732. The Hall–Kier alpha value is -2.75. The van der Waals surface area contributed by atoms with Gasteiger partial charge in [-0.2, -0.15) is 0 Å². The van der Waals surface area contributed by atoms with Crippen LogP contribution in [0.15, 0.2) is 48.5 Å². The molecule has 0 fully saturated rings. The van der Waals surface area contributed by atoms with Gasteiger partial charge in [-0.15, -0.1) is 0 Å². The maximum atomic E-state index is 12.1. The highest BCUT2D eigenvalue weighted by Gasteiger charge is 2.05. The average Bonchev–Trinajstić information content (AvgIpc) is 2.66. The Labute approximate surface area is 149 Å². The van der Waals surface area contributed by atoms with Crippen molar-refractivity contribution in [1.82, 2.24) is 0 Å². The Morgan fingerprint density at radius 1 is 1.08 bits per heavy atom. The van der Waals surface area contributed by atoms with Crippen molar-refractivity contribution in [2.24, 2.45) is 0 Å². The van der Waals surface area contributed by atoms with Crippen molar-refractivity contribution in [2.75, 3.05) is 19.5 Å². The molecule has 0 aliphatic carbocycles. The summed E-state index contributed by atoms with van der Waals surface area (Å²) in [6.45, 7) is 4.36. The van der Waals surface area contributed by atoms with Crippen molar-refractivity contribution < 1.29 is 14.3 Å². The first-order valence-electron chi connectivity index (χ1n) is 8.38. The molecule has 0 spiro atoms. The van der Waals surface area contributed by atoms with E-state index in [1.54, 1.807) is 20.3 Å². The fourth-order valence-electron chi connectivity index (χ4n) is 2.44. The molecule has 1 amide bonds. The maximum Gasteiger partial charge on any atom is 0.248 e. The lowest BCUT2D eigenvalue weighted by molar-refractivity contribution is -0.111. The molecule has 0 saturated carbocycles. The molecule has 2 aromatic rings. The van der Waals surface area contributed by atoms with Crippen LogP contribution in [0.25, 0.3) is 6.08 Å². The van der Waals surface area contributed by atoms with Crippen LogP contribution < -0.4 is 14.8 Å². The van der Waals surface area contributed by atoms with Crippen LogP contribution in [-0.4, -0.2) is 20.1 Å². The van der Waals surface area contributed by atoms with Crippen LogP contribution in [0.4, 0.5) is 5.69 Å². The summed E-state index contributed by atoms with van der Waals surface area (Å²) in [6, 6.07) is 13.5. The predicted molar refractivity (Wildman–Crippen MR) is 102 cm³/mol. The van der Waals surface area contributed by atoms with E-state index in [1.807, 2.05) is 30.3 Å². The van der Waals surface area contributed by atoms with Gasteiger partial charge in [-0.05, 0) is 53.8 Å². The van der Waals surface area contributed by atoms with Gasteiger partial charge in [-0.1, -0.05) is 32.0 Å². The first-order valence-corrected chi connectivity index (χ1v) is 8.38. The first-order chi connectivity index (χ1) is 12.1. The van der Waals surface area contributed by atoms with Gasteiger partial charge in [0.15, 0.2) is 11.5 Å². The molecular weight excluding hydrogens is 314 g/mol. The molecule has 0 saturated heterocycles. The van der Waals surface area contributed by atoms with Crippen molar-refractivity contribution in [2.45, 2.75) is 26.2 Å². The summed E-state index contributed by atoms with van der Waals surface area (Å²) in [5.41, 5.74) is 2.93. The minimum atomic E-state index is -0.175. The average molecular weight is 339 g/mol. The van der Waals surface area contributed by atoms with E-state index in [1.165, 1.54) is 11.6 Å². The Morgan fingerprint density at radius 2 is 1.76 bits per heavy atom. The van der Waals surface area contributed by atoms with Crippen molar-refractivity contribution in [3.8, 4) is 11.5 Å². The molecule has 132 valence electrons. The molecule has 0 bridgehead atoms. The van der Waals surface area contributed by atoms with Crippen LogP contribution >= 0.6 is 0 Å². The zero-order valence-electron chi connectivity index (χ0n) is 15.2. The third-order valence-corrected chi connectivity index (χ3v) is 4.19. The minimum absolute atomic E-state index is 0.175. The molecular formula is C21H25NO3. The summed E-state index contributed by atoms with van der Waals surface area (Å²) >= 11 is 0. The standard InChI is InChI=1S/C21H25NO3/c1-5-15(2)17-8-10-18(11-9-17)22-21(23)13-7-16-6-12-19(24-3)20(14-16)25-4/h6-15H,5H2,1-4H3,(H,22,23)/b13-7+/t15-/m0/s1.